The second-order valence-corrected chi connectivity index (χ2v) is 11.6. The fraction of sp³-hybridized carbons (Fsp3) is 0.500. The maximum Gasteiger partial charge on any atom is 0.302 e. The summed E-state index contributed by atoms with van der Waals surface area (Å²) in [6, 6.07) is 13.5. The fourth-order valence-corrected chi connectivity index (χ4v) is 6.18. The Morgan fingerprint density at radius 1 is 1.13 bits per heavy atom. The van der Waals surface area contributed by atoms with Crippen molar-refractivity contribution in [2.75, 3.05) is 31.3 Å². The van der Waals surface area contributed by atoms with E-state index >= 15 is 0 Å². The van der Waals surface area contributed by atoms with Crippen molar-refractivity contribution < 1.29 is 19.1 Å². The van der Waals surface area contributed by atoms with Gasteiger partial charge in [0.15, 0.2) is 11.5 Å². The van der Waals surface area contributed by atoms with Gasteiger partial charge in [0.1, 0.15) is 0 Å². The number of carbonyl (C=O) groups is 2. The summed E-state index contributed by atoms with van der Waals surface area (Å²) in [4.78, 5) is 25.4. The monoisotopic (exact) mass is 550 g/mol. The van der Waals surface area contributed by atoms with Gasteiger partial charge in [0.25, 0.3) is 0 Å². The van der Waals surface area contributed by atoms with Crippen LogP contribution in [0.4, 0.5) is 10.5 Å². The van der Waals surface area contributed by atoms with Crippen LogP contribution in [-0.4, -0.2) is 53.9 Å². The molecule has 2 aromatic carbocycles. The first kappa shape index (κ1) is 27.5. The number of anilines is 1. The van der Waals surface area contributed by atoms with Crippen LogP contribution in [0.1, 0.15) is 56.6 Å². The molecule has 1 saturated heterocycles. The van der Waals surface area contributed by atoms with Crippen LogP contribution in [0.5, 0.6) is 11.5 Å². The quantitative estimate of drug-likeness (QED) is 0.418. The number of carbonyl (C=O) groups excluding carboxylic acids is 2. The zero-order valence-corrected chi connectivity index (χ0v) is 23.6. The molecular formula is C30H38N4O4S. The number of thioether (sulfide) groups is 1. The van der Waals surface area contributed by atoms with Gasteiger partial charge in [0.05, 0.1) is 25.5 Å². The van der Waals surface area contributed by atoms with E-state index in [0.29, 0.717) is 24.0 Å². The van der Waals surface area contributed by atoms with Gasteiger partial charge in [-0.25, -0.2) is 5.01 Å². The Kier molecular flexibility index (Phi) is 9.09. The van der Waals surface area contributed by atoms with E-state index in [1.165, 1.54) is 29.6 Å². The summed E-state index contributed by atoms with van der Waals surface area (Å²) in [6.07, 6.45) is 6.92. The first-order valence-electron chi connectivity index (χ1n) is 14.0. The second kappa shape index (κ2) is 12.9. The first-order valence-corrected chi connectivity index (χ1v) is 15.0. The number of benzene rings is 2. The van der Waals surface area contributed by atoms with E-state index in [2.05, 4.69) is 10.6 Å². The van der Waals surface area contributed by atoms with Gasteiger partial charge in [-0.3, -0.25) is 9.59 Å². The number of hydrogen-bond donors (Lipinski definition) is 2. The van der Waals surface area contributed by atoms with Gasteiger partial charge in [-0.15, -0.1) is 0 Å². The number of rotatable bonds is 9. The van der Waals surface area contributed by atoms with Crippen molar-refractivity contribution in [3.63, 3.8) is 0 Å². The zero-order valence-electron chi connectivity index (χ0n) is 22.8. The van der Waals surface area contributed by atoms with E-state index in [4.69, 9.17) is 14.6 Å². The Hall–Kier alpha value is -3.04. The Labute approximate surface area is 234 Å². The Morgan fingerprint density at radius 3 is 2.64 bits per heavy atom. The van der Waals surface area contributed by atoms with Gasteiger partial charge >= 0.3 is 5.24 Å². The molecule has 0 spiro atoms. The molecule has 2 heterocycles. The minimum absolute atomic E-state index is 0.0454. The highest BCUT2D eigenvalue weighted by molar-refractivity contribution is 8.14. The van der Waals surface area contributed by atoms with Crippen LogP contribution in [0.2, 0.25) is 0 Å². The summed E-state index contributed by atoms with van der Waals surface area (Å²) in [5.41, 5.74) is 3.45. The lowest BCUT2D eigenvalue weighted by atomic mass is 9.87. The third kappa shape index (κ3) is 6.94. The molecule has 2 aliphatic heterocycles. The number of hydrazone groups is 1. The van der Waals surface area contributed by atoms with Crippen LogP contribution in [0, 0.1) is 11.8 Å². The van der Waals surface area contributed by atoms with Crippen LogP contribution in [0.15, 0.2) is 47.6 Å². The van der Waals surface area contributed by atoms with Crippen molar-refractivity contribution in [2.45, 2.75) is 58.1 Å². The molecule has 2 amide bonds. The minimum Gasteiger partial charge on any atom is -0.493 e. The molecule has 2 N–H and O–H groups in total. The van der Waals surface area contributed by atoms with Crippen molar-refractivity contribution >= 4 is 34.3 Å². The maximum atomic E-state index is 12.8. The highest BCUT2D eigenvalue weighted by Crippen LogP contribution is 2.34. The molecule has 3 aliphatic rings. The van der Waals surface area contributed by atoms with Gasteiger partial charge in [-0.1, -0.05) is 30.8 Å². The number of nitrogens with one attached hydrogen (secondary N) is 2. The second-order valence-electron chi connectivity index (χ2n) is 10.6. The topological polar surface area (TPSA) is 92.3 Å². The van der Waals surface area contributed by atoms with Crippen molar-refractivity contribution in [3.05, 3.63) is 53.6 Å². The molecule has 5 rings (SSSR count). The summed E-state index contributed by atoms with van der Waals surface area (Å²) >= 11 is 1.25. The van der Waals surface area contributed by atoms with E-state index in [1.807, 2.05) is 49.4 Å². The molecule has 0 aromatic heterocycles. The Morgan fingerprint density at radius 2 is 1.92 bits per heavy atom. The summed E-state index contributed by atoms with van der Waals surface area (Å²) in [7, 11) is 1.65. The average molecular weight is 551 g/mol. The van der Waals surface area contributed by atoms with Gasteiger partial charge in [0, 0.05) is 22.9 Å². The van der Waals surface area contributed by atoms with E-state index in [0.717, 1.165) is 67.0 Å². The normalized spacial score (nSPS) is 20.9. The molecule has 1 saturated carbocycles. The van der Waals surface area contributed by atoms with Crippen molar-refractivity contribution in [2.24, 2.45) is 16.9 Å². The van der Waals surface area contributed by atoms with Gasteiger partial charge in [-0.2, -0.15) is 5.10 Å². The van der Waals surface area contributed by atoms with E-state index < -0.39 is 0 Å². The minimum atomic E-state index is -0.0815. The summed E-state index contributed by atoms with van der Waals surface area (Å²) in [6.45, 7) is 4.29. The Bertz CT molecular complexity index is 1190. The van der Waals surface area contributed by atoms with Crippen molar-refractivity contribution in [1.82, 2.24) is 10.3 Å². The lowest BCUT2D eigenvalue weighted by Gasteiger charge is -2.27. The first-order chi connectivity index (χ1) is 19.0. The average Bonchev–Trinajstić information content (AvgIpc) is 3.48. The molecule has 8 nitrogen and oxygen atoms in total. The predicted molar refractivity (Wildman–Crippen MR) is 156 cm³/mol. The van der Waals surface area contributed by atoms with Gasteiger partial charge in [-0.05, 0) is 93.4 Å². The van der Waals surface area contributed by atoms with Crippen LogP contribution in [0.25, 0.3) is 0 Å². The van der Waals surface area contributed by atoms with E-state index in [9.17, 15) is 9.59 Å². The molecule has 2 atom stereocenters. The molecule has 2 aromatic rings. The summed E-state index contributed by atoms with van der Waals surface area (Å²) in [5.74, 6) is 2.30. The summed E-state index contributed by atoms with van der Waals surface area (Å²) in [5, 5.41) is 12.6. The molecule has 2 unspecified atom stereocenters. The number of nitrogens with zero attached hydrogens (tertiary/aromatic N) is 2. The van der Waals surface area contributed by atoms with E-state index in [1.54, 1.807) is 7.11 Å². The summed E-state index contributed by atoms with van der Waals surface area (Å²) < 4.78 is 11.8. The smallest absolute Gasteiger partial charge is 0.302 e. The van der Waals surface area contributed by atoms with Gasteiger partial charge < -0.3 is 20.1 Å². The zero-order chi connectivity index (χ0) is 27.2. The lowest BCUT2D eigenvalue weighted by molar-refractivity contribution is -0.121. The fourth-order valence-electron chi connectivity index (χ4n) is 5.44. The van der Waals surface area contributed by atoms with E-state index in [-0.39, 0.29) is 23.2 Å². The number of ether oxygens (including phenoxy) is 2. The number of piperidine rings is 1. The standard InChI is InChI=1S/C30H38N4O4S/c1-20(23-6-5-15-31-17-23)29(35)32-24-12-9-21(10-13-24)18-34-30(36)39-19-26(33-34)22-11-14-27(37-2)28(16-22)38-25-7-3-4-8-25/h9-14,16,20,23,25,31H,3-8,15,17-19H2,1-2H3,(H,32,35). The number of methoxy groups -OCH3 is 1. The van der Waals surface area contributed by atoms with Crippen molar-refractivity contribution in [3.8, 4) is 11.5 Å². The maximum absolute atomic E-state index is 12.8. The van der Waals surface area contributed by atoms with Gasteiger partial charge in [0.2, 0.25) is 5.91 Å². The highest BCUT2D eigenvalue weighted by atomic mass is 32.2. The molecule has 0 bridgehead atoms. The third-order valence-electron chi connectivity index (χ3n) is 7.89. The third-order valence-corrected chi connectivity index (χ3v) is 8.76. The predicted octanol–water partition coefficient (Wildman–Crippen LogP) is 5.66. The molecule has 208 valence electrons. The Balaban J connectivity index is 1.24. The van der Waals surface area contributed by atoms with Crippen LogP contribution in [-0.2, 0) is 11.3 Å². The van der Waals surface area contributed by atoms with Crippen molar-refractivity contribution in [1.29, 1.82) is 0 Å². The molecule has 0 radical (unpaired) electrons. The molecule has 1 aliphatic carbocycles. The largest absolute Gasteiger partial charge is 0.493 e. The van der Waals surface area contributed by atoms with Crippen LogP contribution >= 0.6 is 11.8 Å². The number of amides is 2. The SMILES string of the molecule is COc1ccc(C2=NN(Cc3ccc(NC(=O)C(C)C4CCCNC4)cc3)C(=O)SC2)cc1OC1CCCC1. The van der Waals surface area contributed by atoms with Crippen LogP contribution in [0.3, 0.4) is 0 Å². The highest BCUT2D eigenvalue weighted by Gasteiger charge is 2.26. The van der Waals surface area contributed by atoms with Crippen LogP contribution < -0.4 is 20.1 Å². The molecule has 39 heavy (non-hydrogen) atoms. The lowest BCUT2D eigenvalue weighted by Crippen LogP contribution is -2.37. The molecular weight excluding hydrogens is 512 g/mol. The molecule has 2 fully saturated rings. The number of hydrogen-bond acceptors (Lipinski definition) is 7. The molecule has 9 heteroatoms.